The summed E-state index contributed by atoms with van der Waals surface area (Å²) < 4.78 is 15.8. The van der Waals surface area contributed by atoms with Crippen LogP contribution in [0.4, 0.5) is 0 Å². The quantitative estimate of drug-likeness (QED) is 0.414. The lowest BCUT2D eigenvalue weighted by Crippen LogP contribution is -2.33. The van der Waals surface area contributed by atoms with Gasteiger partial charge < -0.3 is 14.0 Å². The Hall–Kier alpha value is -3.87. The summed E-state index contributed by atoms with van der Waals surface area (Å²) >= 11 is 0. The molecule has 0 fully saturated rings. The van der Waals surface area contributed by atoms with E-state index >= 15 is 0 Å². The fraction of sp³-hybridized carbons (Fsp3) is 0.269. The topological polar surface area (TPSA) is 71.2 Å². The Labute approximate surface area is 192 Å². The fourth-order valence-corrected chi connectivity index (χ4v) is 4.31. The molecule has 0 saturated heterocycles. The molecule has 0 radical (unpaired) electrons. The average Bonchev–Trinajstić information content (AvgIpc) is 3.33. The van der Waals surface area contributed by atoms with Crippen LogP contribution in [-0.4, -0.2) is 37.8 Å². The van der Waals surface area contributed by atoms with Crippen molar-refractivity contribution in [1.29, 1.82) is 0 Å². The van der Waals surface area contributed by atoms with Crippen molar-refractivity contribution in [3.8, 4) is 22.9 Å². The van der Waals surface area contributed by atoms with Crippen molar-refractivity contribution < 1.29 is 14.3 Å². The van der Waals surface area contributed by atoms with Gasteiger partial charge in [0.05, 0.1) is 6.54 Å². The first kappa shape index (κ1) is 21.0. The summed E-state index contributed by atoms with van der Waals surface area (Å²) in [7, 11) is 0. The number of aryl methyl sites for hydroxylation is 2. The number of fused-ring (bicyclic) bond motifs is 1. The minimum Gasteiger partial charge on any atom is -0.486 e. The summed E-state index contributed by atoms with van der Waals surface area (Å²) in [4.78, 5) is 17.8. The maximum absolute atomic E-state index is 13.3. The molecule has 1 atom stereocenters. The van der Waals surface area contributed by atoms with E-state index in [1.54, 1.807) is 4.68 Å². The number of carbonyl (C=O) groups excluding carboxylic acids is 1. The molecule has 0 amide bonds. The van der Waals surface area contributed by atoms with E-state index in [-0.39, 0.29) is 18.4 Å². The van der Waals surface area contributed by atoms with Crippen LogP contribution in [0.5, 0.6) is 11.5 Å². The standard InChI is InChI=1S/C26H26N4O3/c1-17-13-22(18(2)29(17)14-21-16-32-24-11-7-8-12-25(24)33-21)23(31)15-30-26(27-19(3)28-30)20-9-5-4-6-10-20/h4-13,21H,14-16H2,1-3H3. The Balaban J connectivity index is 1.35. The Morgan fingerprint density at radius 1 is 1.03 bits per heavy atom. The van der Waals surface area contributed by atoms with Crippen LogP contribution in [-0.2, 0) is 13.1 Å². The molecular formula is C26H26N4O3. The van der Waals surface area contributed by atoms with Gasteiger partial charge in [0.2, 0.25) is 0 Å². The summed E-state index contributed by atoms with van der Waals surface area (Å²) in [5.74, 6) is 2.86. The number of Topliss-reactive ketones (excluding diaryl/α,β-unsaturated/α-hetero) is 1. The number of hydrogen-bond donors (Lipinski definition) is 0. The van der Waals surface area contributed by atoms with E-state index in [4.69, 9.17) is 9.47 Å². The van der Waals surface area contributed by atoms with E-state index in [1.807, 2.05) is 81.4 Å². The van der Waals surface area contributed by atoms with Gasteiger partial charge in [0.1, 0.15) is 19.0 Å². The lowest BCUT2D eigenvalue weighted by molar-refractivity contribution is 0.0777. The van der Waals surface area contributed by atoms with Crippen LogP contribution in [0.3, 0.4) is 0 Å². The van der Waals surface area contributed by atoms with Crippen LogP contribution in [0, 0.1) is 20.8 Å². The van der Waals surface area contributed by atoms with E-state index in [0.717, 1.165) is 28.5 Å². The van der Waals surface area contributed by atoms with Crippen molar-refractivity contribution in [2.75, 3.05) is 6.61 Å². The molecule has 0 aliphatic carbocycles. The first-order valence-corrected chi connectivity index (χ1v) is 11.0. The Bertz CT molecular complexity index is 1310. The minimum atomic E-state index is -0.129. The number of rotatable bonds is 6. The van der Waals surface area contributed by atoms with Crippen LogP contribution in [0.15, 0.2) is 60.7 Å². The molecule has 33 heavy (non-hydrogen) atoms. The number of benzene rings is 2. The molecule has 168 valence electrons. The number of carbonyl (C=O) groups is 1. The van der Waals surface area contributed by atoms with E-state index in [0.29, 0.717) is 30.4 Å². The first-order valence-electron chi connectivity index (χ1n) is 11.0. The Kier molecular flexibility index (Phi) is 5.46. The third-order valence-electron chi connectivity index (χ3n) is 5.93. The number of ketones is 1. The number of para-hydroxylation sites is 2. The van der Waals surface area contributed by atoms with Gasteiger partial charge in [-0.2, -0.15) is 5.10 Å². The van der Waals surface area contributed by atoms with Gasteiger partial charge in [-0.05, 0) is 39.0 Å². The van der Waals surface area contributed by atoms with Gasteiger partial charge in [0.15, 0.2) is 29.2 Å². The zero-order valence-corrected chi connectivity index (χ0v) is 19.0. The highest BCUT2D eigenvalue weighted by atomic mass is 16.6. The molecule has 7 heteroatoms. The number of ether oxygens (including phenoxy) is 2. The number of hydrogen-bond acceptors (Lipinski definition) is 5. The van der Waals surface area contributed by atoms with Crippen LogP contribution in [0.25, 0.3) is 11.4 Å². The van der Waals surface area contributed by atoms with Crippen molar-refractivity contribution >= 4 is 5.78 Å². The second-order valence-electron chi connectivity index (χ2n) is 8.32. The zero-order valence-electron chi connectivity index (χ0n) is 19.0. The highest BCUT2D eigenvalue weighted by Gasteiger charge is 2.24. The minimum absolute atomic E-state index is 0.00240. The molecule has 2 aromatic carbocycles. The van der Waals surface area contributed by atoms with Gasteiger partial charge in [-0.3, -0.25) is 4.79 Å². The molecule has 3 heterocycles. The van der Waals surface area contributed by atoms with E-state index < -0.39 is 0 Å². The Morgan fingerprint density at radius 2 is 1.76 bits per heavy atom. The number of nitrogens with zero attached hydrogens (tertiary/aromatic N) is 4. The SMILES string of the molecule is Cc1nc(-c2ccccc2)n(CC(=O)c2cc(C)n(CC3COc4ccccc4O3)c2C)n1. The van der Waals surface area contributed by atoms with Gasteiger partial charge >= 0.3 is 0 Å². The highest BCUT2D eigenvalue weighted by Crippen LogP contribution is 2.31. The molecule has 1 unspecified atom stereocenters. The van der Waals surface area contributed by atoms with Gasteiger partial charge in [-0.1, -0.05) is 42.5 Å². The maximum atomic E-state index is 13.3. The highest BCUT2D eigenvalue weighted by molar-refractivity contribution is 5.97. The van der Waals surface area contributed by atoms with Gasteiger partial charge in [-0.25, -0.2) is 9.67 Å². The van der Waals surface area contributed by atoms with E-state index in [9.17, 15) is 4.79 Å². The molecule has 2 aromatic heterocycles. The predicted octanol–water partition coefficient (Wildman–Crippen LogP) is 4.39. The third-order valence-corrected chi connectivity index (χ3v) is 5.93. The van der Waals surface area contributed by atoms with Crippen LogP contribution >= 0.6 is 0 Å². The fourth-order valence-electron chi connectivity index (χ4n) is 4.31. The largest absolute Gasteiger partial charge is 0.486 e. The van der Waals surface area contributed by atoms with Crippen LogP contribution < -0.4 is 9.47 Å². The normalized spacial score (nSPS) is 14.9. The van der Waals surface area contributed by atoms with Crippen molar-refractivity contribution in [2.45, 2.75) is 40.0 Å². The summed E-state index contributed by atoms with van der Waals surface area (Å²) in [5, 5.41) is 4.47. The first-order chi connectivity index (χ1) is 16.0. The maximum Gasteiger partial charge on any atom is 0.186 e. The van der Waals surface area contributed by atoms with Crippen molar-refractivity contribution in [1.82, 2.24) is 19.3 Å². The summed E-state index contributed by atoms with van der Waals surface area (Å²) in [6.45, 7) is 7.03. The van der Waals surface area contributed by atoms with Crippen molar-refractivity contribution in [3.63, 3.8) is 0 Å². The molecule has 4 aromatic rings. The van der Waals surface area contributed by atoms with E-state index in [1.165, 1.54) is 0 Å². The second kappa shape index (κ2) is 8.58. The van der Waals surface area contributed by atoms with Gasteiger partial charge in [-0.15, -0.1) is 0 Å². The van der Waals surface area contributed by atoms with Gasteiger partial charge in [0, 0.05) is 22.5 Å². The molecule has 0 N–H and O–H groups in total. The lowest BCUT2D eigenvalue weighted by Gasteiger charge is -2.27. The van der Waals surface area contributed by atoms with Crippen LogP contribution in [0.1, 0.15) is 27.6 Å². The van der Waals surface area contributed by atoms with Crippen molar-refractivity contribution in [3.05, 3.63) is 83.4 Å². The number of aromatic nitrogens is 4. The van der Waals surface area contributed by atoms with E-state index in [2.05, 4.69) is 14.6 Å². The smallest absolute Gasteiger partial charge is 0.186 e. The third kappa shape index (κ3) is 4.14. The average molecular weight is 443 g/mol. The summed E-state index contributed by atoms with van der Waals surface area (Å²) in [6, 6.07) is 19.4. The molecule has 0 spiro atoms. The predicted molar refractivity (Wildman–Crippen MR) is 125 cm³/mol. The molecule has 1 aliphatic heterocycles. The molecular weight excluding hydrogens is 416 g/mol. The zero-order chi connectivity index (χ0) is 22.9. The Morgan fingerprint density at radius 3 is 2.55 bits per heavy atom. The molecule has 5 rings (SSSR count). The van der Waals surface area contributed by atoms with Crippen LogP contribution in [0.2, 0.25) is 0 Å². The van der Waals surface area contributed by atoms with Crippen molar-refractivity contribution in [2.24, 2.45) is 0 Å². The lowest BCUT2D eigenvalue weighted by atomic mass is 10.1. The molecule has 0 bridgehead atoms. The summed E-state index contributed by atoms with van der Waals surface area (Å²) in [5.41, 5.74) is 3.55. The van der Waals surface area contributed by atoms with Gasteiger partial charge in [0.25, 0.3) is 0 Å². The monoisotopic (exact) mass is 442 g/mol. The summed E-state index contributed by atoms with van der Waals surface area (Å²) in [6.07, 6.45) is -0.129. The molecule has 0 saturated carbocycles. The molecule has 7 nitrogen and oxygen atoms in total. The molecule has 1 aliphatic rings. The second-order valence-corrected chi connectivity index (χ2v) is 8.32.